The predicted octanol–water partition coefficient (Wildman–Crippen LogP) is 13.7. The van der Waals surface area contributed by atoms with Gasteiger partial charge in [-0.05, 0) is 57.8 Å². The van der Waals surface area contributed by atoms with E-state index in [0.29, 0.717) is 19.4 Å². The Morgan fingerprint density at radius 3 is 1.44 bits per heavy atom. The molecule has 0 aromatic heterocycles. The van der Waals surface area contributed by atoms with Gasteiger partial charge in [0.05, 0.1) is 6.61 Å². The first-order valence-corrected chi connectivity index (χ1v) is 21.2. The van der Waals surface area contributed by atoms with Crippen LogP contribution in [0.25, 0.3) is 0 Å². The molecule has 0 fully saturated rings. The van der Waals surface area contributed by atoms with Crippen LogP contribution in [0.4, 0.5) is 0 Å². The van der Waals surface area contributed by atoms with Crippen molar-refractivity contribution in [3.63, 3.8) is 0 Å². The largest absolute Gasteiger partial charge is 0.462 e. The van der Waals surface area contributed by atoms with E-state index in [1.807, 2.05) is 0 Å². The minimum absolute atomic E-state index is 0.0823. The third kappa shape index (κ3) is 38.7. The third-order valence-corrected chi connectivity index (χ3v) is 8.88. The van der Waals surface area contributed by atoms with Gasteiger partial charge in [-0.1, -0.05) is 179 Å². The lowest BCUT2D eigenvalue weighted by molar-refractivity contribution is -0.163. The maximum atomic E-state index is 12.5. The van der Waals surface area contributed by atoms with Crippen molar-refractivity contribution in [3.05, 3.63) is 48.6 Å². The average Bonchev–Trinajstić information content (AvgIpc) is 3.11. The minimum atomic E-state index is -0.532. The Kier molecular flexibility index (Phi) is 39.5. The van der Waals surface area contributed by atoms with Gasteiger partial charge in [-0.3, -0.25) is 9.59 Å². The van der Waals surface area contributed by atoms with Crippen molar-refractivity contribution in [1.29, 1.82) is 0 Å². The van der Waals surface area contributed by atoms with Gasteiger partial charge in [-0.15, -0.1) is 0 Å². The zero-order chi connectivity index (χ0) is 36.4. The molecule has 0 aliphatic heterocycles. The number of ether oxygens (including phenoxy) is 3. The van der Waals surface area contributed by atoms with Gasteiger partial charge >= 0.3 is 11.9 Å². The summed E-state index contributed by atoms with van der Waals surface area (Å²) in [7, 11) is 0. The average molecular weight is 701 g/mol. The summed E-state index contributed by atoms with van der Waals surface area (Å²) in [5.41, 5.74) is 0. The van der Waals surface area contributed by atoms with Gasteiger partial charge in [-0.2, -0.15) is 0 Å². The first-order valence-electron chi connectivity index (χ1n) is 21.2. The summed E-state index contributed by atoms with van der Waals surface area (Å²) in [6, 6.07) is 0. The number of rotatable bonds is 38. The number of hydrogen-bond acceptors (Lipinski definition) is 5. The highest BCUT2D eigenvalue weighted by Crippen LogP contribution is 2.13. The highest BCUT2D eigenvalue weighted by Gasteiger charge is 2.17. The van der Waals surface area contributed by atoms with E-state index in [4.69, 9.17) is 14.2 Å². The maximum Gasteiger partial charge on any atom is 0.306 e. The summed E-state index contributed by atoms with van der Waals surface area (Å²) >= 11 is 0. The van der Waals surface area contributed by atoms with E-state index < -0.39 is 6.10 Å². The van der Waals surface area contributed by atoms with E-state index in [9.17, 15) is 9.59 Å². The van der Waals surface area contributed by atoms with Crippen LogP contribution in [-0.2, 0) is 23.8 Å². The summed E-state index contributed by atoms with van der Waals surface area (Å²) in [6.07, 6.45) is 48.4. The van der Waals surface area contributed by atoms with Gasteiger partial charge in [0.25, 0.3) is 0 Å². The molecule has 50 heavy (non-hydrogen) atoms. The predicted molar refractivity (Wildman–Crippen MR) is 215 cm³/mol. The van der Waals surface area contributed by atoms with Crippen molar-refractivity contribution >= 4 is 11.9 Å². The third-order valence-electron chi connectivity index (χ3n) is 8.88. The normalized spacial score (nSPS) is 12.6. The molecule has 0 aliphatic carbocycles. The molecule has 0 aliphatic rings. The van der Waals surface area contributed by atoms with Crippen molar-refractivity contribution in [2.24, 2.45) is 0 Å². The van der Waals surface area contributed by atoms with Gasteiger partial charge in [0.2, 0.25) is 0 Å². The van der Waals surface area contributed by atoms with Gasteiger partial charge < -0.3 is 14.2 Å². The molecule has 1 atom stereocenters. The molecule has 0 amide bonds. The van der Waals surface area contributed by atoms with Gasteiger partial charge in [0.1, 0.15) is 6.61 Å². The Labute approximate surface area is 310 Å². The SMILES string of the molecule is CC/C=C\C/C=C\C/C=C\C/C=C\CCCCCCCCCOCC(COC(=O)CCCCCCCCC)OC(=O)CCCCCCCCC. The molecule has 0 saturated carbocycles. The summed E-state index contributed by atoms with van der Waals surface area (Å²) < 4.78 is 17.1. The van der Waals surface area contributed by atoms with E-state index in [2.05, 4.69) is 69.4 Å². The second kappa shape index (κ2) is 41.3. The number of unbranched alkanes of at least 4 members (excludes halogenated alkanes) is 19. The highest BCUT2D eigenvalue weighted by molar-refractivity contribution is 5.70. The first-order chi connectivity index (χ1) is 24.6. The van der Waals surface area contributed by atoms with Gasteiger partial charge in [0.15, 0.2) is 6.10 Å². The molecule has 0 aromatic rings. The molecule has 0 saturated heterocycles. The molecule has 0 heterocycles. The smallest absolute Gasteiger partial charge is 0.306 e. The molecule has 290 valence electrons. The van der Waals surface area contributed by atoms with E-state index >= 15 is 0 Å². The van der Waals surface area contributed by atoms with Crippen LogP contribution in [0.2, 0.25) is 0 Å². The van der Waals surface area contributed by atoms with E-state index in [1.165, 1.54) is 103 Å². The number of carbonyl (C=O) groups is 2. The fraction of sp³-hybridized carbons (Fsp3) is 0.778. The minimum Gasteiger partial charge on any atom is -0.462 e. The number of hydrogen-bond donors (Lipinski definition) is 0. The number of esters is 2. The lowest BCUT2D eigenvalue weighted by Crippen LogP contribution is -2.30. The standard InChI is InChI=1S/C45H80O5/c1-4-7-10-13-16-17-18-19-20-21-22-23-24-25-26-27-28-31-34-37-40-48-41-43(50-45(47)39-36-33-30-15-12-9-6-3)42-49-44(46)38-35-32-29-14-11-8-5-2/h7,10,16-17,19-20,22-23,43H,4-6,8-9,11-15,18,21,24-42H2,1-3H3/b10-7-,17-16-,20-19-,23-22-. The zero-order valence-electron chi connectivity index (χ0n) is 33.2. The lowest BCUT2D eigenvalue weighted by atomic mass is 10.1. The van der Waals surface area contributed by atoms with Crippen LogP contribution in [0.15, 0.2) is 48.6 Å². The van der Waals surface area contributed by atoms with Crippen LogP contribution in [0, 0.1) is 0 Å². The zero-order valence-corrected chi connectivity index (χ0v) is 33.2. The van der Waals surface area contributed by atoms with E-state index in [-0.39, 0.29) is 25.2 Å². The summed E-state index contributed by atoms with van der Waals surface area (Å²) in [4.78, 5) is 24.9. The topological polar surface area (TPSA) is 61.8 Å². The van der Waals surface area contributed by atoms with Crippen molar-refractivity contribution < 1.29 is 23.8 Å². The molecule has 0 spiro atoms. The van der Waals surface area contributed by atoms with Crippen LogP contribution in [0.3, 0.4) is 0 Å². The van der Waals surface area contributed by atoms with Crippen LogP contribution in [0.1, 0.15) is 201 Å². The molecular weight excluding hydrogens is 620 g/mol. The highest BCUT2D eigenvalue weighted by atomic mass is 16.6. The lowest BCUT2D eigenvalue weighted by Gasteiger charge is -2.18. The van der Waals surface area contributed by atoms with Crippen molar-refractivity contribution in [3.8, 4) is 0 Å². The molecule has 5 nitrogen and oxygen atoms in total. The Bertz CT molecular complexity index is 842. The summed E-state index contributed by atoms with van der Waals surface area (Å²) in [5, 5.41) is 0. The fourth-order valence-electron chi connectivity index (χ4n) is 5.73. The molecule has 0 bridgehead atoms. The van der Waals surface area contributed by atoms with Crippen LogP contribution < -0.4 is 0 Å². The molecule has 0 aromatic carbocycles. The van der Waals surface area contributed by atoms with Crippen LogP contribution >= 0.6 is 0 Å². The maximum absolute atomic E-state index is 12.5. The summed E-state index contributed by atoms with van der Waals surface area (Å²) in [5.74, 6) is -0.414. The van der Waals surface area contributed by atoms with Gasteiger partial charge in [-0.25, -0.2) is 0 Å². The monoisotopic (exact) mass is 701 g/mol. The molecule has 0 N–H and O–H groups in total. The van der Waals surface area contributed by atoms with Crippen molar-refractivity contribution in [1.82, 2.24) is 0 Å². The Hall–Kier alpha value is -2.14. The Balaban J connectivity index is 4.08. The van der Waals surface area contributed by atoms with E-state index in [0.717, 1.165) is 64.2 Å². The number of carbonyl (C=O) groups excluding carboxylic acids is 2. The fourth-order valence-corrected chi connectivity index (χ4v) is 5.73. The molecule has 0 rings (SSSR count). The molecular formula is C45H80O5. The number of allylic oxidation sites excluding steroid dienone is 8. The van der Waals surface area contributed by atoms with Crippen LogP contribution in [-0.4, -0.2) is 37.9 Å². The van der Waals surface area contributed by atoms with Crippen molar-refractivity contribution in [2.75, 3.05) is 19.8 Å². The molecule has 5 heteroatoms. The Morgan fingerprint density at radius 1 is 0.460 bits per heavy atom. The second-order valence-electron chi connectivity index (χ2n) is 13.9. The van der Waals surface area contributed by atoms with Crippen LogP contribution in [0.5, 0.6) is 0 Å². The quantitative estimate of drug-likeness (QED) is 0.0364. The molecule has 1 unspecified atom stereocenters. The van der Waals surface area contributed by atoms with E-state index in [1.54, 1.807) is 0 Å². The van der Waals surface area contributed by atoms with Crippen molar-refractivity contribution in [2.45, 2.75) is 207 Å². The second-order valence-corrected chi connectivity index (χ2v) is 13.9. The first kappa shape index (κ1) is 47.9. The molecule has 0 radical (unpaired) electrons. The summed E-state index contributed by atoms with van der Waals surface area (Å²) in [6.45, 7) is 7.62. The van der Waals surface area contributed by atoms with Gasteiger partial charge in [0, 0.05) is 19.4 Å². The Morgan fingerprint density at radius 2 is 0.900 bits per heavy atom.